The topological polar surface area (TPSA) is 65.2 Å². The molecule has 4 heteroatoms. The Kier molecular flexibility index (Phi) is 2.82. The van der Waals surface area contributed by atoms with E-state index in [1.165, 1.54) is 6.20 Å². The maximum Gasteiger partial charge on any atom is 0.343 e. The number of rotatable bonds is 2. The molecule has 0 amide bonds. The van der Waals surface area contributed by atoms with Crippen LogP contribution in [-0.2, 0) is 0 Å². The summed E-state index contributed by atoms with van der Waals surface area (Å²) in [6.07, 6.45) is 3.09. The number of nitrogens with two attached hydrogens (primary N) is 1. The zero-order valence-corrected chi connectivity index (χ0v) is 8.46. The SMILES string of the molecule is Nc1cccc(C(=O)Oc2cccnc2)c1. The number of ether oxygens (including phenoxy) is 1. The summed E-state index contributed by atoms with van der Waals surface area (Å²) in [6, 6.07) is 9.99. The Labute approximate surface area is 92.7 Å². The average molecular weight is 214 g/mol. The highest BCUT2D eigenvalue weighted by molar-refractivity contribution is 5.91. The lowest BCUT2D eigenvalue weighted by molar-refractivity contribution is 0.0734. The monoisotopic (exact) mass is 214 g/mol. The van der Waals surface area contributed by atoms with E-state index in [-0.39, 0.29) is 0 Å². The first-order valence-corrected chi connectivity index (χ1v) is 4.73. The van der Waals surface area contributed by atoms with Crippen molar-refractivity contribution in [2.45, 2.75) is 0 Å². The number of pyridine rings is 1. The van der Waals surface area contributed by atoms with E-state index in [1.54, 1.807) is 42.6 Å². The Morgan fingerprint density at radius 2 is 2.12 bits per heavy atom. The van der Waals surface area contributed by atoms with E-state index in [0.29, 0.717) is 17.0 Å². The van der Waals surface area contributed by atoms with Crippen LogP contribution in [0.4, 0.5) is 5.69 Å². The van der Waals surface area contributed by atoms with Gasteiger partial charge in [0, 0.05) is 11.9 Å². The smallest absolute Gasteiger partial charge is 0.343 e. The van der Waals surface area contributed by atoms with Crippen LogP contribution in [-0.4, -0.2) is 11.0 Å². The molecule has 1 aromatic carbocycles. The van der Waals surface area contributed by atoms with Crippen LogP contribution in [0.3, 0.4) is 0 Å². The molecule has 0 atom stereocenters. The molecule has 0 aliphatic heterocycles. The largest absolute Gasteiger partial charge is 0.421 e. The Hall–Kier alpha value is -2.36. The number of hydrogen-bond donors (Lipinski definition) is 1. The normalized spacial score (nSPS) is 9.75. The predicted octanol–water partition coefficient (Wildman–Crippen LogP) is 1.88. The van der Waals surface area contributed by atoms with Gasteiger partial charge in [0.15, 0.2) is 0 Å². The van der Waals surface area contributed by atoms with Crippen LogP contribution in [0.25, 0.3) is 0 Å². The third-order valence-electron chi connectivity index (χ3n) is 1.97. The summed E-state index contributed by atoms with van der Waals surface area (Å²) < 4.78 is 5.10. The first kappa shape index (κ1) is 10.2. The predicted molar refractivity (Wildman–Crippen MR) is 60.0 cm³/mol. The lowest BCUT2D eigenvalue weighted by atomic mass is 10.2. The zero-order chi connectivity index (χ0) is 11.4. The molecule has 0 aliphatic rings. The second-order valence-corrected chi connectivity index (χ2v) is 3.20. The van der Waals surface area contributed by atoms with Gasteiger partial charge in [-0.25, -0.2) is 4.79 Å². The van der Waals surface area contributed by atoms with Gasteiger partial charge in [-0.1, -0.05) is 6.07 Å². The zero-order valence-electron chi connectivity index (χ0n) is 8.46. The third-order valence-corrected chi connectivity index (χ3v) is 1.97. The van der Waals surface area contributed by atoms with Crippen LogP contribution in [0.1, 0.15) is 10.4 Å². The lowest BCUT2D eigenvalue weighted by Crippen LogP contribution is -2.08. The maximum atomic E-state index is 11.7. The van der Waals surface area contributed by atoms with E-state index in [2.05, 4.69) is 4.98 Å². The fourth-order valence-electron chi connectivity index (χ4n) is 1.24. The van der Waals surface area contributed by atoms with Crippen LogP contribution >= 0.6 is 0 Å². The van der Waals surface area contributed by atoms with Crippen molar-refractivity contribution in [3.05, 3.63) is 54.4 Å². The molecule has 0 saturated heterocycles. The van der Waals surface area contributed by atoms with Crippen molar-refractivity contribution in [3.63, 3.8) is 0 Å². The Balaban J connectivity index is 2.15. The number of nitrogen functional groups attached to an aromatic ring is 1. The van der Waals surface area contributed by atoms with Crippen molar-refractivity contribution in [2.75, 3.05) is 5.73 Å². The number of nitrogens with zero attached hydrogens (tertiary/aromatic N) is 1. The highest BCUT2D eigenvalue weighted by Crippen LogP contribution is 2.12. The highest BCUT2D eigenvalue weighted by Gasteiger charge is 2.08. The van der Waals surface area contributed by atoms with Crippen molar-refractivity contribution in [1.29, 1.82) is 0 Å². The van der Waals surface area contributed by atoms with Crippen LogP contribution in [0.5, 0.6) is 5.75 Å². The van der Waals surface area contributed by atoms with Gasteiger partial charge >= 0.3 is 5.97 Å². The van der Waals surface area contributed by atoms with Gasteiger partial charge in [0.2, 0.25) is 0 Å². The van der Waals surface area contributed by atoms with Gasteiger partial charge in [0.05, 0.1) is 11.8 Å². The quantitative estimate of drug-likeness (QED) is 0.612. The van der Waals surface area contributed by atoms with Gasteiger partial charge in [-0.2, -0.15) is 0 Å². The number of benzene rings is 1. The molecule has 0 bridgehead atoms. The van der Waals surface area contributed by atoms with E-state index in [4.69, 9.17) is 10.5 Å². The molecule has 0 radical (unpaired) electrons. The van der Waals surface area contributed by atoms with Crippen molar-refractivity contribution in [1.82, 2.24) is 4.98 Å². The van der Waals surface area contributed by atoms with Gasteiger partial charge in [0.25, 0.3) is 0 Å². The van der Waals surface area contributed by atoms with Gasteiger partial charge in [-0.05, 0) is 30.3 Å². The average Bonchev–Trinajstić information content (AvgIpc) is 2.30. The summed E-state index contributed by atoms with van der Waals surface area (Å²) in [7, 11) is 0. The Morgan fingerprint density at radius 3 is 2.81 bits per heavy atom. The van der Waals surface area contributed by atoms with Crippen LogP contribution in [0.2, 0.25) is 0 Å². The summed E-state index contributed by atoms with van der Waals surface area (Å²) in [4.78, 5) is 15.5. The number of carbonyl (C=O) groups is 1. The molecule has 0 spiro atoms. The second kappa shape index (κ2) is 4.44. The third kappa shape index (κ3) is 2.36. The molecule has 16 heavy (non-hydrogen) atoms. The first-order chi connectivity index (χ1) is 7.75. The molecule has 4 nitrogen and oxygen atoms in total. The lowest BCUT2D eigenvalue weighted by Gasteiger charge is -2.03. The fourth-order valence-corrected chi connectivity index (χ4v) is 1.24. The minimum atomic E-state index is -0.444. The molecular weight excluding hydrogens is 204 g/mol. The van der Waals surface area contributed by atoms with Crippen LogP contribution < -0.4 is 10.5 Å². The number of aromatic nitrogens is 1. The standard InChI is InChI=1S/C12H10N2O2/c13-10-4-1-3-9(7-10)12(15)16-11-5-2-6-14-8-11/h1-8H,13H2. The highest BCUT2D eigenvalue weighted by atomic mass is 16.5. The Morgan fingerprint density at radius 1 is 1.25 bits per heavy atom. The molecule has 0 fully saturated rings. The first-order valence-electron chi connectivity index (χ1n) is 4.73. The minimum Gasteiger partial charge on any atom is -0.421 e. The molecular formula is C12H10N2O2. The van der Waals surface area contributed by atoms with E-state index < -0.39 is 5.97 Å². The van der Waals surface area contributed by atoms with E-state index in [1.807, 2.05) is 0 Å². The number of carbonyl (C=O) groups excluding carboxylic acids is 1. The van der Waals surface area contributed by atoms with Gasteiger partial charge < -0.3 is 10.5 Å². The van der Waals surface area contributed by atoms with Gasteiger partial charge in [0.1, 0.15) is 5.75 Å². The van der Waals surface area contributed by atoms with E-state index in [9.17, 15) is 4.79 Å². The molecule has 1 aromatic heterocycles. The van der Waals surface area contributed by atoms with Gasteiger partial charge in [-0.3, -0.25) is 4.98 Å². The van der Waals surface area contributed by atoms with Crippen molar-refractivity contribution in [3.8, 4) is 5.75 Å². The molecule has 0 unspecified atom stereocenters. The minimum absolute atomic E-state index is 0.412. The number of anilines is 1. The van der Waals surface area contributed by atoms with Crippen LogP contribution in [0.15, 0.2) is 48.8 Å². The van der Waals surface area contributed by atoms with E-state index in [0.717, 1.165) is 0 Å². The van der Waals surface area contributed by atoms with Crippen LogP contribution in [0, 0.1) is 0 Å². The molecule has 2 N–H and O–H groups in total. The van der Waals surface area contributed by atoms with E-state index >= 15 is 0 Å². The summed E-state index contributed by atoms with van der Waals surface area (Å²) in [5, 5.41) is 0. The fraction of sp³-hybridized carbons (Fsp3) is 0. The second-order valence-electron chi connectivity index (χ2n) is 3.20. The maximum absolute atomic E-state index is 11.7. The molecule has 2 aromatic rings. The summed E-state index contributed by atoms with van der Waals surface area (Å²) in [6.45, 7) is 0. The van der Waals surface area contributed by atoms with Crippen molar-refractivity contribution >= 4 is 11.7 Å². The van der Waals surface area contributed by atoms with Gasteiger partial charge in [-0.15, -0.1) is 0 Å². The molecule has 2 rings (SSSR count). The summed E-state index contributed by atoms with van der Waals surface area (Å²) >= 11 is 0. The molecule has 80 valence electrons. The van der Waals surface area contributed by atoms with Crippen molar-refractivity contribution in [2.24, 2.45) is 0 Å². The Bertz CT molecular complexity index is 497. The number of esters is 1. The molecule has 1 heterocycles. The van der Waals surface area contributed by atoms with Crippen molar-refractivity contribution < 1.29 is 9.53 Å². The summed E-state index contributed by atoms with van der Waals surface area (Å²) in [5.74, 6) is -0.0322. The summed E-state index contributed by atoms with van der Waals surface area (Å²) in [5.41, 5.74) is 6.52. The molecule has 0 saturated carbocycles. The molecule has 0 aliphatic carbocycles. The number of hydrogen-bond acceptors (Lipinski definition) is 4.